The molecular formula is C20H21N2O3P. The zero-order chi connectivity index (χ0) is 18.4. The maximum atomic E-state index is 13.7. The molecule has 0 spiro atoms. The molecule has 1 heterocycles. The molecule has 6 heteroatoms. The van der Waals surface area contributed by atoms with Gasteiger partial charge in [0.15, 0.2) is 5.44 Å². The lowest BCUT2D eigenvalue weighted by Gasteiger charge is -2.16. The highest BCUT2D eigenvalue weighted by Crippen LogP contribution is 2.46. The zero-order valence-corrected chi connectivity index (χ0v) is 15.6. The van der Waals surface area contributed by atoms with Crippen molar-refractivity contribution >= 4 is 36.1 Å². The van der Waals surface area contributed by atoms with Crippen molar-refractivity contribution in [3.63, 3.8) is 0 Å². The number of aromatic nitrogens is 1. The number of benzene rings is 2. The van der Waals surface area contributed by atoms with Crippen LogP contribution in [-0.4, -0.2) is 18.6 Å². The second-order valence-corrected chi connectivity index (χ2v) is 7.80. The second-order valence-electron chi connectivity index (χ2n) is 5.50. The van der Waals surface area contributed by atoms with Crippen LogP contribution in [0.25, 0.3) is 12.2 Å². The summed E-state index contributed by atoms with van der Waals surface area (Å²) in [6.45, 7) is 2.11. The molecule has 2 aromatic carbocycles. The summed E-state index contributed by atoms with van der Waals surface area (Å²) in [5.74, 6) is 0.711. The van der Waals surface area contributed by atoms with Gasteiger partial charge in [-0.25, -0.2) is 4.98 Å². The summed E-state index contributed by atoms with van der Waals surface area (Å²) in [7, 11) is -1.65. The van der Waals surface area contributed by atoms with E-state index >= 15 is 0 Å². The third-order valence-electron chi connectivity index (χ3n) is 3.76. The van der Waals surface area contributed by atoms with Crippen LogP contribution in [0, 0.1) is 0 Å². The van der Waals surface area contributed by atoms with E-state index in [4.69, 9.17) is 8.94 Å². The minimum Gasteiger partial charge on any atom is -0.420 e. The first kappa shape index (κ1) is 18.2. The molecule has 26 heavy (non-hydrogen) atoms. The van der Waals surface area contributed by atoms with Crippen LogP contribution in [0.5, 0.6) is 0 Å². The fourth-order valence-electron chi connectivity index (χ4n) is 2.56. The van der Waals surface area contributed by atoms with Crippen LogP contribution in [0.1, 0.15) is 18.4 Å². The molecular weight excluding hydrogens is 347 g/mol. The fraction of sp³-hybridized carbons (Fsp3) is 0.150. The molecule has 0 aliphatic heterocycles. The average Bonchev–Trinajstić information content (AvgIpc) is 3.12. The minimum atomic E-state index is -3.35. The van der Waals surface area contributed by atoms with Crippen LogP contribution >= 0.6 is 7.37 Å². The Kier molecular flexibility index (Phi) is 5.71. The molecule has 0 bridgehead atoms. The van der Waals surface area contributed by atoms with Gasteiger partial charge < -0.3 is 14.3 Å². The highest BCUT2D eigenvalue weighted by Gasteiger charge is 2.35. The van der Waals surface area contributed by atoms with Crippen molar-refractivity contribution in [1.29, 1.82) is 0 Å². The maximum Gasteiger partial charge on any atom is 0.284 e. The first-order chi connectivity index (χ1) is 12.7. The Balaban J connectivity index is 2.02. The number of rotatable bonds is 7. The van der Waals surface area contributed by atoms with Crippen molar-refractivity contribution in [1.82, 2.24) is 4.98 Å². The lowest BCUT2D eigenvalue weighted by molar-refractivity contribution is 0.347. The third-order valence-corrected chi connectivity index (χ3v) is 6.22. The molecule has 0 saturated carbocycles. The second kappa shape index (κ2) is 8.17. The summed E-state index contributed by atoms with van der Waals surface area (Å²) in [5.41, 5.74) is 1.31. The molecule has 0 aliphatic carbocycles. The van der Waals surface area contributed by atoms with E-state index in [0.717, 1.165) is 5.56 Å². The number of nitrogens with one attached hydrogen (secondary N) is 1. The highest BCUT2D eigenvalue weighted by molar-refractivity contribution is 7.74. The Bertz CT molecular complexity index is 921. The van der Waals surface area contributed by atoms with Crippen LogP contribution in [-0.2, 0) is 9.09 Å². The van der Waals surface area contributed by atoms with Gasteiger partial charge in [0.25, 0.3) is 7.37 Å². The third kappa shape index (κ3) is 3.79. The quantitative estimate of drug-likeness (QED) is 0.635. The standard InChI is InChI=1S/C20H21N2O3P/c1-3-24-26(23,17-12-8-5-9-13-17)20-19(21-2)25-18(22-20)15-14-16-10-6-4-7-11-16/h4-15,21H,3H2,1-2H3/b15-14+. The van der Waals surface area contributed by atoms with Crippen LogP contribution < -0.4 is 16.1 Å². The Labute approximate surface area is 153 Å². The van der Waals surface area contributed by atoms with Gasteiger partial charge in [-0.05, 0) is 30.7 Å². The summed E-state index contributed by atoms with van der Waals surface area (Å²) in [4.78, 5) is 4.46. The molecule has 0 aliphatic rings. The molecule has 5 nitrogen and oxygen atoms in total. The number of hydrogen-bond donors (Lipinski definition) is 1. The van der Waals surface area contributed by atoms with Crippen LogP contribution in [0.15, 0.2) is 65.1 Å². The summed E-state index contributed by atoms with van der Waals surface area (Å²) in [6.07, 6.45) is 3.64. The summed E-state index contributed by atoms with van der Waals surface area (Å²) >= 11 is 0. The Morgan fingerprint density at radius 1 is 1.08 bits per heavy atom. The van der Waals surface area contributed by atoms with Gasteiger partial charge in [-0.3, -0.25) is 4.57 Å². The van der Waals surface area contributed by atoms with Crippen molar-refractivity contribution in [3.8, 4) is 0 Å². The molecule has 0 fully saturated rings. The van der Waals surface area contributed by atoms with E-state index in [1.807, 2.05) is 61.5 Å². The smallest absolute Gasteiger partial charge is 0.284 e. The average molecular weight is 368 g/mol. The van der Waals surface area contributed by atoms with Gasteiger partial charge in [0.2, 0.25) is 11.8 Å². The van der Waals surface area contributed by atoms with Crippen molar-refractivity contribution in [2.24, 2.45) is 0 Å². The molecule has 134 valence electrons. The van der Waals surface area contributed by atoms with Crippen LogP contribution in [0.2, 0.25) is 0 Å². The van der Waals surface area contributed by atoms with Gasteiger partial charge in [-0.1, -0.05) is 48.5 Å². The zero-order valence-electron chi connectivity index (χ0n) is 14.8. The summed E-state index contributed by atoms with van der Waals surface area (Å²) in [5, 5.41) is 3.52. The fourth-order valence-corrected chi connectivity index (χ4v) is 4.66. The van der Waals surface area contributed by atoms with E-state index in [9.17, 15) is 4.57 Å². The van der Waals surface area contributed by atoms with Crippen LogP contribution in [0.3, 0.4) is 0 Å². The van der Waals surface area contributed by atoms with Gasteiger partial charge in [0.05, 0.1) is 6.61 Å². The van der Waals surface area contributed by atoms with E-state index in [0.29, 0.717) is 29.1 Å². The predicted octanol–water partition coefficient (Wildman–Crippen LogP) is 4.15. The summed E-state index contributed by atoms with van der Waals surface area (Å²) in [6, 6.07) is 18.9. The number of hydrogen-bond acceptors (Lipinski definition) is 5. The minimum absolute atomic E-state index is 0.292. The van der Waals surface area contributed by atoms with Crippen LogP contribution in [0.4, 0.5) is 5.88 Å². The SMILES string of the molecule is CCOP(=O)(c1ccccc1)c1nc(/C=C/c2ccccc2)oc1NC. The van der Waals surface area contributed by atoms with Gasteiger partial charge in [-0.2, -0.15) is 0 Å². The van der Waals surface area contributed by atoms with E-state index in [-0.39, 0.29) is 0 Å². The lowest BCUT2D eigenvalue weighted by Crippen LogP contribution is -2.21. The Hall–Kier alpha value is -2.62. The molecule has 0 amide bonds. The number of anilines is 1. The van der Waals surface area contributed by atoms with E-state index < -0.39 is 7.37 Å². The number of oxazole rings is 1. The van der Waals surface area contributed by atoms with Gasteiger partial charge >= 0.3 is 0 Å². The molecule has 0 saturated heterocycles. The monoisotopic (exact) mass is 368 g/mol. The van der Waals surface area contributed by atoms with Crippen molar-refractivity contribution < 1.29 is 13.5 Å². The van der Waals surface area contributed by atoms with E-state index in [1.165, 1.54) is 0 Å². The van der Waals surface area contributed by atoms with Gasteiger partial charge in [0.1, 0.15) is 0 Å². The molecule has 3 aromatic rings. The Morgan fingerprint density at radius 2 is 1.73 bits per heavy atom. The van der Waals surface area contributed by atoms with Crippen molar-refractivity contribution in [2.75, 3.05) is 19.0 Å². The van der Waals surface area contributed by atoms with Gasteiger partial charge in [-0.15, -0.1) is 0 Å². The van der Waals surface area contributed by atoms with E-state index in [2.05, 4.69) is 10.3 Å². The molecule has 3 rings (SSSR count). The highest BCUT2D eigenvalue weighted by atomic mass is 31.2. The van der Waals surface area contributed by atoms with Crippen molar-refractivity contribution in [3.05, 3.63) is 72.1 Å². The molecule has 0 radical (unpaired) electrons. The first-order valence-electron chi connectivity index (χ1n) is 8.40. The summed E-state index contributed by atoms with van der Waals surface area (Å²) < 4.78 is 25.1. The lowest BCUT2D eigenvalue weighted by atomic mass is 10.2. The normalized spacial score (nSPS) is 13.6. The topological polar surface area (TPSA) is 64.4 Å². The van der Waals surface area contributed by atoms with Gasteiger partial charge in [0, 0.05) is 18.4 Å². The van der Waals surface area contributed by atoms with E-state index in [1.54, 1.807) is 25.3 Å². The molecule has 1 unspecified atom stereocenters. The Morgan fingerprint density at radius 3 is 2.35 bits per heavy atom. The molecule has 1 N–H and O–H groups in total. The molecule has 1 aromatic heterocycles. The first-order valence-corrected chi connectivity index (χ1v) is 10.0. The molecule has 1 atom stereocenters. The maximum absolute atomic E-state index is 13.7. The van der Waals surface area contributed by atoms with Crippen molar-refractivity contribution in [2.45, 2.75) is 6.92 Å². The largest absolute Gasteiger partial charge is 0.420 e. The predicted molar refractivity (Wildman–Crippen MR) is 106 cm³/mol. The number of nitrogens with zero attached hydrogens (tertiary/aromatic N) is 1.